The molecule has 0 radical (unpaired) electrons. The maximum Gasteiger partial charge on any atom is 0.246 e. The fraction of sp³-hybridized carbons (Fsp3) is 0.294. The second-order valence-electron chi connectivity index (χ2n) is 5.29. The maximum absolute atomic E-state index is 12.7. The Hall–Kier alpha value is -1.57. The highest BCUT2D eigenvalue weighted by atomic mass is 79.9. The maximum atomic E-state index is 12.7. The Balaban J connectivity index is 2.08. The van der Waals surface area contributed by atoms with Crippen molar-refractivity contribution in [3.63, 3.8) is 0 Å². The van der Waals surface area contributed by atoms with Crippen LogP contribution in [0.1, 0.15) is 5.56 Å². The van der Waals surface area contributed by atoms with E-state index < -0.39 is 10.0 Å². The molecule has 0 aliphatic heterocycles. The van der Waals surface area contributed by atoms with Gasteiger partial charge in [0.2, 0.25) is 10.0 Å². The summed E-state index contributed by atoms with van der Waals surface area (Å²) in [4.78, 5) is 0.123. The molecule has 2 aromatic rings. The van der Waals surface area contributed by atoms with Gasteiger partial charge in [-0.15, -0.1) is 0 Å². The third-order valence-electron chi connectivity index (χ3n) is 3.48. The predicted octanol–water partition coefficient (Wildman–Crippen LogP) is 3.47. The highest BCUT2D eigenvalue weighted by molar-refractivity contribution is 9.10. The normalized spacial score (nSPS) is 11.5. The zero-order valence-corrected chi connectivity index (χ0v) is 16.2. The fourth-order valence-electron chi connectivity index (χ4n) is 2.14. The van der Waals surface area contributed by atoms with Crippen LogP contribution in [0, 0.1) is 6.92 Å². The van der Waals surface area contributed by atoms with Crippen LogP contribution in [0.3, 0.4) is 0 Å². The molecule has 0 N–H and O–H groups in total. The number of benzene rings is 2. The van der Waals surface area contributed by atoms with Crippen LogP contribution in [-0.4, -0.2) is 40.0 Å². The van der Waals surface area contributed by atoms with Crippen molar-refractivity contribution >= 4 is 26.0 Å². The number of hydrogen-bond donors (Lipinski definition) is 0. The number of likely N-dealkylation sites (N-methyl/N-ethyl adjacent to an activating group) is 1. The summed E-state index contributed by atoms with van der Waals surface area (Å²) >= 11 is 3.29. The van der Waals surface area contributed by atoms with Gasteiger partial charge in [-0.1, -0.05) is 28.1 Å². The van der Waals surface area contributed by atoms with Crippen LogP contribution in [0.15, 0.2) is 51.8 Å². The van der Waals surface area contributed by atoms with E-state index in [9.17, 15) is 8.42 Å². The molecule has 0 saturated heterocycles. The van der Waals surface area contributed by atoms with E-state index in [1.54, 1.807) is 12.1 Å². The summed E-state index contributed by atoms with van der Waals surface area (Å²) in [6.07, 6.45) is 0. The molecule has 0 heterocycles. The molecule has 7 heteroatoms. The van der Waals surface area contributed by atoms with Crippen molar-refractivity contribution in [3.8, 4) is 11.5 Å². The Morgan fingerprint density at radius 2 is 1.92 bits per heavy atom. The molecule has 2 rings (SSSR count). The minimum Gasteiger partial charge on any atom is -0.495 e. The summed E-state index contributed by atoms with van der Waals surface area (Å²) in [6.45, 7) is 2.46. The smallest absolute Gasteiger partial charge is 0.246 e. The van der Waals surface area contributed by atoms with Gasteiger partial charge in [-0.2, -0.15) is 4.31 Å². The third kappa shape index (κ3) is 4.49. The van der Waals surface area contributed by atoms with Crippen LogP contribution in [-0.2, 0) is 10.0 Å². The molecule has 0 aliphatic carbocycles. The molecular weight excluding hydrogens is 394 g/mol. The molecule has 0 amide bonds. The molecule has 0 bridgehead atoms. The molecule has 2 aromatic carbocycles. The molecule has 0 spiro atoms. The molecule has 0 saturated carbocycles. The summed E-state index contributed by atoms with van der Waals surface area (Å²) in [7, 11) is -0.698. The number of rotatable bonds is 7. The average Bonchev–Trinajstić information content (AvgIpc) is 2.54. The van der Waals surface area contributed by atoms with E-state index in [1.165, 1.54) is 24.5 Å². The van der Waals surface area contributed by atoms with Gasteiger partial charge in [0.15, 0.2) is 0 Å². The zero-order chi connectivity index (χ0) is 17.7. The lowest BCUT2D eigenvalue weighted by Gasteiger charge is -2.19. The van der Waals surface area contributed by atoms with E-state index in [4.69, 9.17) is 9.47 Å². The molecule has 130 valence electrons. The van der Waals surface area contributed by atoms with Crippen LogP contribution in [0.2, 0.25) is 0 Å². The van der Waals surface area contributed by atoms with Crippen molar-refractivity contribution in [2.45, 2.75) is 11.8 Å². The van der Waals surface area contributed by atoms with Gasteiger partial charge in [0.05, 0.1) is 7.11 Å². The van der Waals surface area contributed by atoms with Gasteiger partial charge < -0.3 is 9.47 Å². The average molecular weight is 414 g/mol. The van der Waals surface area contributed by atoms with Gasteiger partial charge in [0, 0.05) is 18.1 Å². The van der Waals surface area contributed by atoms with Crippen LogP contribution >= 0.6 is 15.9 Å². The van der Waals surface area contributed by atoms with Gasteiger partial charge in [-0.3, -0.25) is 0 Å². The predicted molar refractivity (Wildman–Crippen MR) is 97.2 cm³/mol. The van der Waals surface area contributed by atoms with Crippen molar-refractivity contribution in [2.24, 2.45) is 0 Å². The molecule has 0 aromatic heterocycles. The van der Waals surface area contributed by atoms with E-state index in [0.29, 0.717) is 10.2 Å². The molecule has 0 unspecified atom stereocenters. The zero-order valence-electron chi connectivity index (χ0n) is 13.8. The Bertz CT molecular complexity index is 808. The number of ether oxygens (including phenoxy) is 2. The van der Waals surface area contributed by atoms with Gasteiger partial charge in [0.1, 0.15) is 23.0 Å². The summed E-state index contributed by atoms with van der Waals surface area (Å²) < 4.78 is 38.2. The van der Waals surface area contributed by atoms with Crippen molar-refractivity contribution in [1.82, 2.24) is 4.31 Å². The SMILES string of the molecule is COc1ccc(Br)cc1S(=O)(=O)N(C)CCOc1cccc(C)c1. The van der Waals surface area contributed by atoms with Crippen molar-refractivity contribution < 1.29 is 17.9 Å². The lowest BCUT2D eigenvalue weighted by molar-refractivity contribution is 0.286. The van der Waals surface area contributed by atoms with E-state index in [2.05, 4.69) is 15.9 Å². The topological polar surface area (TPSA) is 55.8 Å². The first-order chi connectivity index (χ1) is 11.3. The number of methoxy groups -OCH3 is 1. The number of nitrogens with zero attached hydrogens (tertiary/aromatic N) is 1. The van der Waals surface area contributed by atoms with E-state index in [1.807, 2.05) is 31.2 Å². The number of sulfonamides is 1. The van der Waals surface area contributed by atoms with E-state index >= 15 is 0 Å². The van der Waals surface area contributed by atoms with Crippen LogP contribution in [0.4, 0.5) is 0 Å². The minimum atomic E-state index is -3.67. The number of halogens is 1. The molecule has 0 fully saturated rings. The number of aryl methyl sites for hydroxylation is 1. The highest BCUT2D eigenvalue weighted by Gasteiger charge is 2.25. The van der Waals surface area contributed by atoms with E-state index in [-0.39, 0.29) is 18.0 Å². The van der Waals surface area contributed by atoms with Gasteiger partial charge in [0.25, 0.3) is 0 Å². The van der Waals surface area contributed by atoms with Gasteiger partial charge in [-0.05, 0) is 42.8 Å². The first kappa shape index (κ1) is 18.8. The minimum absolute atomic E-state index is 0.123. The second-order valence-corrected chi connectivity index (χ2v) is 8.22. The summed E-state index contributed by atoms with van der Waals surface area (Å²) in [5.41, 5.74) is 1.09. The highest BCUT2D eigenvalue weighted by Crippen LogP contribution is 2.29. The van der Waals surface area contributed by atoms with E-state index in [0.717, 1.165) is 11.3 Å². The molecule has 0 aliphatic rings. The van der Waals surface area contributed by atoms with Gasteiger partial charge in [-0.25, -0.2) is 8.42 Å². The first-order valence-corrected chi connectivity index (χ1v) is 9.57. The molecule has 0 atom stereocenters. The lowest BCUT2D eigenvalue weighted by Crippen LogP contribution is -2.31. The molecule has 24 heavy (non-hydrogen) atoms. The van der Waals surface area contributed by atoms with Crippen molar-refractivity contribution in [2.75, 3.05) is 27.3 Å². The largest absolute Gasteiger partial charge is 0.495 e. The Morgan fingerprint density at radius 3 is 2.58 bits per heavy atom. The second kappa shape index (κ2) is 8.00. The molecule has 5 nitrogen and oxygen atoms in total. The standard InChI is InChI=1S/C17H20BrNO4S/c1-13-5-4-6-15(11-13)23-10-9-19(2)24(20,21)17-12-14(18)7-8-16(17)22-3/h4-8,11-12H,9-10H2,1-3H3. The Morgan fingerprint density at radius 1 is 1.17 bits per heavy atom. The molecular formula is C17H20BrNO4S. The third-order valence-corrected chi connectivity index (χ3v) is 5.85. The van der Waals surface area contributed by atoms with Crippen molar-refractivity contribution in [1.29, 1.82) is 0 Å². The van der Waals surface area contributed by atoms with Crippen LogP contribution < -0.4 is 9.47 Å². The van der Waals surface area contributed by atoms with Crippen LogP contribution in [0.25, 0.3) is 0 Å². The van der Waals surface area contributed by atoms with Gasteiger partial charge >= 0.3 is 0 Å². The van der Waals surface area contributed by atoms with Crippen LogP contribution in [0.5, 0.6) is 11.5 Å². The fourth-order valence-corrected chi connectivity index (χ4v) is 3.98. The summed E-state index contributed by atoms with van der Waals surface area (Å²) in [5.74, 6) is 1.03. The lowest BCUT2D eigenvalue weighted by atomic mass is 10.2. The van der Waals surface area contributed by atoms with Crippen molar-refractivity contribution in [3.05, 3.63) is 52.5 Å². The monoisotopic (exact) mass is 413 g/mol. The first-order valence-electron chi connectivity index (χ1n) is 7.34. The quantitative estimate of drug-likeness (QED) is 0.697. The Labute approximate surface area is 151 Å². The Kier molecular flexibility index (Phi) is 6.26. The number of hydrogen-bond acceptors (Lipinski definition) is 4. The summed E-state index contributed by atoms with van der Waals surface area (Å²) in [6, 6.07) is 12.5. The summed E-state index contributed by atoms with van der Waals surface area (Å²) in [5, 5.41) is 0.